The predicted octanol–water partition coefficient (Wildman–Crippen LogP) is 3.23. The van der Waals surface area contributed by atoms with Gasteiger partial charge in [-0.2, -0.15) is 15.0 Å². The molecule has 1 atom stereocenters. The van der Waals surface area contributed by atoms with Crippen molar-refractivity contribution in [2.24, 2.45) is 5.92 Å². The first-order valence-electron chi connectivity index (χ1n) is 7.44. The topological polar surface area (TPSA) is 86.0 Å². The summed E-state index contributed by atoms with van der Waals surface area (Å²) in [6.45, 7) is 2.02. The first kappa shape index (κ1) is 16.3. The van der Waals surface area contributed by atoms with E-state index < -0.39 is 6.36 Å². The van der Waals surface area contributed by atoms with Crippen molar-refractivity contribution >= 4 is 11.9 Å². The number of halogens is 3. The Morgan fingerprint density at radius 2 is 2.00 bits per heavy atom. The van der Waals surface area contributed by atoms with Crippen LogP contribution < -0.4 is 15.8 Å². The summed E-state index contributed by atoms with van der Waals surface area (Å²) in [5, 5.41) is 3.15. The van der Waals surface area contributed by atoms with Gasteiger partial charge in [0.05, 0.1) is 0 Å². The number of benzene rings is 1. The quantitative estimate of drug-likeness (QED) is 0.870. The van der Waals surface area contributed by atoms with Crippen LogP contribution in [0.5, 0.6) is 5.75 Å². The Hall–Kier alpha value is -2.58. The minimum atomic E-state index is -4.76. The number of aromatic nitrogens is 3. The van der Waals surface area contributed by atoms with Gasteiger partial charge >= 0.3 is 6.36 Å². The summed E-state index contributed by atoms with van der Waals surface area (Å²) in [6, 6.07) is 5.61. The van der Waals surface area contributed by atoms with Crippen LogP contribution in [-0.4, -0.2) is 27.4 Å². The highest BCUT2D eigenvalue weighted by atomic mass is 19.4. The standard InChI is InChI=1S/C15H16F3N5O/c1-8(9-5-6-9)20-14-22-12(21-13(19)23-14)10-3-2-4-11(7-10)24-15(16,17)18/h2-4,7-9H,5-6H2,1H3,(H3,19,20,21,22,23). The Morgan fingerprint density at radius 1 is 1.25 bits per heavy atom. The van der Waals surface area contributed by atoms with Gasteiger partial charge in [0.1, 0.15) is 5.75 Å². The van der Waals surface area contributed by atoms with Crippen molar-refractivity contribution in [3.63, 3.8) is 0 Å². The number of ether oxygens (including phenoxy) is 1. The van der Waals surface area contributed by atoms with Crippen molar-refractivity contribution in [3.05, 3.63) is 24.3 Å². The zero-order valence-electron chi connectivity index (χ0n) is 12.8. The van der Waals surface area contributed by atoms with Crippen LogP contribution in [0.4, 0.5) is 25.1 Å². The Bertz CT molecular complexity index is 733. The highest BCUT2D eigenvalue weighted by Gasteiger charge is 2.31. The van der Waals surface area contributed by atoms with Crippen LogP contribution in [-0.2, 0) is 0 Å². The molecule has 0 spiro atoms. The highest BCUT2D eigenvalue weighted by molar-refractivity contribution is 5.59. The second kappa shape index (κ2) is 6.14. The lowest BCUT2D eigenvalue weighted by Gasteiger charge is -2.14. The van der Waals surface area contributed by atoms with Gasteiger partial charge in [0.15, 0.2) is 5.82 Å². The fraction of sp³-hybridized carbons (Fsp3) is 0.400. The van der Waals surface area contributed by atoms with Gasteiger partial charge in [-0.15, -0.1) is 13.2 Å². The van der Waals surface area contributed by atoms with Crippen LogP contribution >= 0.6 is 0 Å². The minimum Gasteiger partial charge on any atom is -0.406 e. The fourth-order valence-corrected chi connectivity index (χ4v) is 2.34. The SMILES string of the molecule is CC(Nc1nc(N)nc(-c2cccc(OC(F)(F)F)c2)n1)C1CC1. The van der Waals surface area contributed by atoms with Gasteiger partial charge in [-0.1, -0.05) is 12.1 Å². The number of anilines is 2. The molecule has 1 aromatic carbocycles. The number of hydrogen-bond donors (Lipinski definition) is 2. The Kier molecular flexibility index (Phi) is 4.16. The van der Waals surface area contributed by atoms with Crippen LogP contribution in [0.25, 0.3) is 11.4 Å². The number of nitrogen functional groups attached to an aromatic ring is 1. The van der Waals surface area contributed by atoms with E-state index in [9.17, 15) is 13.2 Å². The average molecular weight is 339 g/mol. The highest BCUT2D eigenvalue weighted by Crippen LogP contribution is 2.34. The summed E-state index contributed by atoms with van der Waals surface area (Å²) in [4.78, 5) is 12.3. The van der Waals surface area contributed by atoms with Crippen LogP contribution in [0, 0.1) is 5.92 Å². The molecule has 1 aliphatic carbocycles. The number of alkyl halides is 3. The molecule has 1 saturated carbocycles. The molecule has 0 amide bonds. The minimum absolute atomic E-state index is 0.00682. The third kappa shape index (κ3) is 4.24. The zero-order chi connectivity index (χ0) is 17.3. The van der Waals surface area contributed by atoms with Gasteiger partial charge in [0.2, 0.25) is 11.9 Å². The van der Waals surface area contributed by atoms with Crippen molar-refractivity contribution in [2.75, 3.05) is 11.1 Å². The number of hydrogen-bond acceptors (Lipinski definition) is 6. The summed E-state index contributed by atoms with van der Waals surface area (Å²) < 4.78 is 40.9. The Balaban J connectivity index is 1.85. The van der Waals surface area contributed by atoms with Crippen LogP contribution in [0.3, 0.4) is 0 Å². The molecule has 3 rings (SSSR count). The number of nitrogens with one attached hydrogen (secondary N) is 1. The van der Waals surface area contributed by atoms with E-state index in [4.69, 9.17) is 5.73 Å². The van der Waals surface area contributed by atoms with E-state index in [1.54, 1.807) is 6.07 Å². The van der Waals surface area contributed by atoms with Crippen molar-refractivity contribution in [1.82, 2.24) is 15.0 Å². The predicted molar refractivity (Wildman–Crippen MR) is 82.2 cm³/mol. The lowest BCUT2D eigenvalue weighted by molar-refractivity contribution is -0.274. The van der Waals surface area contributed by atoms with E-state index >= 15 is 0 Å². The van der Waals surface area contributed by atoms with Crippen molar-refractivity contribution < 1.29 is 17.9 Å². The monoisotopic (exact) mass is 339 g/mol. The van der Waals surface area contributed by atoms with Crippen molar-refractivity contribution in [1.29, 1.82) is 0 Å². The smallest absolute Gasteiger partial charge is 0.406 e. The lowest BCUT2D eigenvalue weighted by Crippen LogP contribution is -2.20. The summed E-state index contributed by atoms with van der Waals surface area (Å²) in [6.07, 6.45) is -2.46. The van der Waals surface area contributed by atoms with Crippen LogP contribution in [0.15, 0.2) is 24.3 Å². The maximum Gasteiger partial charge on any atom is 0.573 e. The van der Waals surface area contributed by atoms with Gasteiger partial charge in [-0.3, -0.25) is 0 Å². The summed E-state index contributed by atoms with van der Waals surface area (Å²) >= 11 is 0. The first-order chi connectivity index (χ1) is 11.3. The van der Waals surface area contributed by atoms with Gasteiger partial charge in [-0.05, 0) is 37.8 Å². The normalized spacial score (nSPS) is 15.8. The molecule has 0 aliphatic heterocycles. The maximum absolute atomic E-state index is 12.3. The molecule has 0 bridgehead atoms. The van der Waals surface area contributed by atoms with Gasteiger partial charge < -0.3 is 15.8 Å². The second-order valence-electron chi connectivity index (χ2n) is 5.69. The van der Waals surface area contributed by atoms with Gasteiger partial charge in [0, 0.05) is 11.6 Å². The molecule has 1 heterocycles. The molecule has 1 aromatic heterocycles. The molecule has 0 radical (unpaired) electrons. The van der Waals surface area contributed by atoms with E-state index in [0.29, 0.717) is 17.4 Å². The van der Waals surface area contributed by atoms with E-state index in [1.165, 1.54) is 18.2 Å². The lowest BCUT2D eigenvalue weighted by atomic mass is 10.2. The fourth-order valence-electron chi connectivity index (χ4n) is 2.34. The van der Waals surface area contributed by atoms with Gasteiger partial charge in [0.25, 0.3) is 0 Å². The summed E-state index contributed by atoms with van der Waals surface area (Å²) in [5.41, 5.74) is 6.05. The second-order valence-corrected chi connectivity index (χ2v) is 5.69. The number of nitrogens with zero attached hydrogens (tertiary/aromatic N) is 3. The molecule has 0 saturated heterocycles. The molecule has 1 fully saturated rings. The maximum atomic E-state index is 12.3. The Morgan fingerprint density at radius 3 is 2.67 bits per heavy atom. The van der Waals surface area contributed by atoms with E-state index in [2.05, 4.69) is 25.0 Å². The number of rotatable bonds is 5. The zero-order valence-corrected chi connectivity index (χ0v) is 12.8. The molecule has 9 heteroatoms. The first-order valence-corrected chi connectivity index (χ1v) is 7.44. The molecule has 24 heavy (non-hydrogen) atoms. The van der Waals surface area contributed by atoms with Crippen molar-refractivity contribution in [3.8, 4) is 17.1 Å². The molecule has 3 N–H and O–H groups in total. The van der Waals surface area contributed by atoms with E-state index in [1.807, 2.05) is 6.92 Å². The average Bonchev–Trinajstić information content (AvgIpc) is 3.29. The van der Waals surface area contributed by atoms with Crippen LogP contribution in [0.1, 0.15) is 19.8 Å². The van der Waals surface area contributed by atoms with E-state index in [0.717, 1.165) is 12.8 Å². The summed E-state index contributed by atoms with van der Waals surface area (Å²) in [5.74, 6) is 0.710. The third-order valence-corrected chi connectivity index (χ3v) is 3.66. The molecule has 1 unspecified atom stereocenters. The van der Waals surface area contributed by atoms with E-state index in [-0.39, 0.29) is 23.6 Å². The molecular formula is C15H16F3N5O. The summed E-state index contributed by atoms with van der Waals surface area (Å²) in [7, 11) is 0. The molecule has 1 aliphatic rings. The molecule has 6 nitrogen and oxygen atoms in total. The molecular weight excluding hydrogens is 323 g/mol. The number of nitrogens with two attached hydrogens (primary N) is 1. The molecule has 128 valence electrons. The van der Waals surface area contributed by atoms with Gasteiger partial charge in [-0.25, -0.2) is 0 Å². The molecule has 2 aromatic rings. The largest absolute Gasteiger partial charge is 0.573 e. The van der Waals surface area contributed by atoms with Crippen molar-refractivity contribution in [2.45, 2.75) is 32.2 Å². The Labute approximate surface area is 136 Å². The third-order valence-electron chi connectivity index (χ3n) is 3.66. The van der Waals surface area contributed by atoms with Crippen LogP contribution in [0.2, 0.25) is 0 Å².